The molecule has 1 aliphatic heterocycles. The lowest BCUT2D eigenvalue weighted by molar-refractivity contribution is -0.135. The van der Waals surface area contributed by atoms with Crippen LogP contribution in [0.3, 0.4) is 0 Å². The first-order valence-electron chi connectivity index (χ1n) is 20.7. The van der Waals surface area contributed by atoms with E-state index in [-0.39, 0.29) is 36.0 Å². The van der Waals surface area contributed by atoms with Crippen molar-refractivity contribution >= 4 is 34.5 Å². The van der Waals surface area contributed by atoms with E-state index in [1.807, 2.05) is 30.3 Å². The van der Waals surface area contributed by atoms with Gasteiger partial charge in [0.25, 0.3) is 12.3 Å². The van der Waals surface area contributed by atoms with Gasteiger partial charge in [-0.05, 0) is 79.5 Å². The smallest absolute Gasteiger partial charge is 0.420 e. The molecule has 2 aliphatic rings. The van der Waals surface area contributed by atoms with E-state index >= 15 is 0 Å². The van der Waals surface area contributed by atoms with Gasteiger partial charge < -0.3 is 28.9 Å². The van der Waals surface area contributed by atoms with Crippen molar-refractivity contribution in [3.8, 4) is 17.1 Å². The Balaban J connectivity index is 0.733. The molecule has 8 rings (SSSR count). The van der Waals surface area contributed by atoms with E-state index in [0.29, 0.717) is 74.7 Å². The largest absolute Gasteiger partial charge is 0.444 e. The molecule has 62 heavy (non-hydrogen) atoms. The number of carbonyl (C=O) groups excluding carboxylic acids is 3. The number of benzene rings is 2. The Kier molecular flexibility index (Phi) is 13.4. The van der Waals surface area contributed by atoms with E-state index in [0.717, 1.165) is 35.6 Å². The molecule has 2 fully saturated rings. The summed E-state index contributed by atoms with van der Waals surface area (Å²) < 4.78 is 53.2. The zero-order valence-corrected chi connectivity index (χ0v) is 33.8. The Morgan fingerprint density at radius 2 is 1.81 bits per heavy atom. The van der Waals surface area contributed by atoms with Gasteiger partial charge in [-0.1, -0.05) is 37.1 Å². The molecule has 3 amide bonds. The first-order valence-corrected chi connectivity index (χ1v) is 20.7. The number of amides is 3. The number of hydrogen-bond acceptors (Lipinski definition) is 12. The third-order valence-corrected chi connectivity index (χ3v) is 10.8. The average Bonchev–Trinajstić information content (AvgIpc) is 3.61. The molecule has 324 valence electrons. The average molecular weight is 853 g/mol. The number of rotatable bonds is 21. The molecule has 5 heterocycles. The molecule has 1 unspecified atom stereocenters. The van der Waals surface area contributed by atoms with E-state index in [1.54, 1.807) is 30.5 Å². The number of anilines is 1. The van der Waals surface area contributed by atoms with Crippen molar-refractivity contribution in [2.45, 2.75) is 70.4 Å². The molecule has 1 atom stereocenters. The van der Waals surface area contributed by atoms with Crippen LogP contribution in [-0.4, -0.2) is 75.0 Å². The van der Waals surface area contributed by atoms with Crippen molar-refractivity contribution in [2.24, 2.45) is 5.92 Å². The second-order valence-corrected chi connectivity index (χ2v) is 15.3. The number of alkyl halides is 2. The number of carbonyl (C=O) groups is 3. The van der Waals surface area contributed by atoms with Crippen LogP contribution in [0, 0.1) is 5.92 Å². The number of hydrogen-bond donors (Lipinski definition) is 3. The van der Waals surface area contributed by atoms with Crippen LogP contribution in [0.25, 0.3) is 28.2 Å². The van der Waals surface area contributed by atoms with Gasteiger partial charge in [0, 0.05) is 43.6 Å². The highest BCUT2D eigenvalue weighted by Gasteiger charge is 2.32. The van der Waals surface area contributed by atoms with Crippen molar-refractivity contribution in [2.75, 3.05) is 38.3 Å². The molecule has 0 spiro atoms. The minimum Gasteiger partial charge on any atom is -0.444 e. The maximum Gasteiger partial charge on any atom is 0.420 e. The number of oxazole rings is 2. The van der Waals surface area contributed by atoms with Crippen molar-refractivity contribution in [3.63, 3.8) is 0 Å². The third kappa shape index (κ3) is 10.4. The Hall–Kier alpha value is -6.37. The van der Waals surface area contributed by atoms with Gasteiger partial charge in [0.15, 0.2) is 17.0 Å². The Bertz CT molecular complexity index is 2580. The first-order chi connectivity index (χ1) is 30.2. The standard InChI is InChI=1S/C44H46F2N8O8/c45-40(46)38-33(49-41(56)34-26-61-43(50-34)30-16-17-48-31(23-30)11-8-27-6-7-27)25-53(52-38)32-12-9-28(10-13-32)24-47-18-20-60-22-21-59-19-2-4-29-3-1-5-35-39(29)62-44(58)54(35)36-14-15-37(55)51-42(36)57/h1,3,5,9-10,12-13,16-17,23,25-27,36,40,47H,2,4,6-8,11,14-15,18-22,24H2,(H,49,56)(H,51,55,57). The number of aryl methyl sites for hydroxylation is 2. The molecule has 2 aromatic carbocycles. The fourth-order valence-electron chi connectivity index (χ4n) is 7.34. The maximum atomic E-state index is 14.0. The van der Waals surface area contributed by atoms with E-state index in [1.165, 1.54) is 34.6 Å². The quantitative estimate of drug-likeness (QED) is 0.0557. The topological polar surface area (TPSA) is 198 Å². The number of imide groups is 1. The zero-order valence-electron chi connectivity index (χ0n) is 33.8. The molecule has 18 heteroatoms. The van der Waals surface area contributed by atoms with Crippen molar-refractivity contribution in [1.82, 2.24) is 34.9 Å². The second-order valence-electron chi connectivity index (χ2n) is 15.3. The molecule has 0 bridgehead atoms. The molecule has 0 radical (unpaired) electrons. The normalized spacial score (nSPS) is 15.4. The summed E-state index contributed by atoms with van der Waals surface area (Å²) in [5.74, 6) is -1.19. The van der Waals surface area contributed by atoms with Gasteiger partial charge in [-0.25, -0.2) is 23.2 Å². The van der Waals surface area contributed by atoms with Gasteiger partial charge in [-0.3, -0.25) is 29.3 Å². The van der Waals surface area contributed by atoms with Crippen molar-refractivity contribution in [3.05, 3.63) is 112 Å². The minimum atomic E-state index is -2.93. The highest BCUT2D eigenvalue weighted by molar-refractivity contribution is 6.03. The van der Waals surface area contributed by atoms with Gasteiger partial charge in [-0.15, -0.1) is 0 Å². The molecule has 1 aliphatic carbocycles. The molecule has 3 N–H and O–H groups in total. The monoisotopic (exact) mass is 852 g/mol. The number of aromatic nitrogens is 5. The van der Waals surface area contributed by atoms with Crippen LogP contribution in [0.1, 0.15) is 84.0 Å². The fraction of sp³-hybridized carbons (Fsp3) is 0.386. The number of halogens is 2. The summed E-state index contributed by atoms with van der Waals surface area (Å²) in [5, 5.41) is 12.2. The molecule has 6 aromatic rings. The van der Waals surface area contributed by atoms with E-state index in [4.69, 9.17) is 18.3 Å². The van der Waals surface area contributed by atoms with E-state index in [2.05, 4.69) is 31.0 Å². The molecule has 4 aromatic heterocycles. The summed E-state index contributed by atoms with van der Waals surface area (Å²) >= 11 is 0. The van der Waals surface area contributed by atoms with Gasteiger partial charge in [0.2, 0.25) is 17.7 Å². The summed E-state index contributed by atoms with van der Waals surface area (Å²) in [6.45, 7) is 2.90. The van der Waals surface area contributed by atoms with Crippen LogP contribution in [0.2, 0.25) is 0 Å². The Morgan fingerprint density at radius 1 is 0.984 bits per heavy atom. The van der Waals surface area contributed by atoms with Crippen LogP contribution < -0.4 is 21.7 Å². The van der Waals surface area contributed by atoms with Crippen LogP contribution in [0.15, 0.2) is 86.9 Å². The van der Waals surface area contributed by atoms with E-state index < -0.39 is 35.7 Å². The van der Waals surface area contributed by atoms with Crippen LogP contribution >= 0.6 is 0 Å². The summed E-state index contributed by atoms with van der Waals surface area (Å²) in [4.78, 5) is 58.4. The lowest BCUT2D eigenvalue weighted by Crippen LogP contribution is -2.43. The molecular formula is C44H46F2N8O8. The van der Waals surface area contributed by atoms with Gasteiger partial charge in [0.1, 0.15) is 12.3 Å². The number of nitrogens with one attached hydrogen (secondary N) is 3. The van der Waals surface area contributed by atoms with Crippen molar-refractivity contribution in [1.29, 1.82) is 0 Å². The van der Waals surface area contributed by atoms with Crippen LogP contribution in [-0.2, 0) is 38.4 Å². The number of para-hydroxylation sites is 1. The lowest BCUT2D eigenvalue weighted by Gasteiger charge is -2.21. The lowest BCUT2D eigenvalue weighted by atomic mass is 10.0. The first kappa shape index (κ1) is 42.3. The van der Waals surface area contributed by atoms with E-state index in [9.17, 15) is 28.0 Å². The highest BCUT2D eigenvalue weighted by Crippen LogP contribution is 2.34. The molecular weight excluding hydrogens is 807 g/mol. The zero-order chi connectivity index (χ0) is 43.0. The fourth-order valence-corrected chi connectivity index (χ4v) is 7.34. The summed E-state index contributed by atoms with van der Waals surface area (Å²) in [6.07, 6.45) is 7.42. The number of nitrogens with zero attached hydrogens (tertiary/aromatic N) is 5. The van der Waals surface area contributed by atoms with Gasteiger partial charge in [-0.2, -0.15) is 5.10 Å². The summed E-state index contributed by atoms with van der Waals surface area (Å²) in [5.41, 5.74) is 4.11. The van der Waals surface area contributed by atoms with Crippen LogP contribution in [0.4, 0.5) is 14.5 Å². The molecule has 1 saturated heterocycles. The molecule has 1 saturated carbocycles. The minimum absolute atomic E-state index is 0.0562. The number of fused-ring (bicyclic) bond motifs is 1. The predicted molar refractivity (Wildman–Crippen MR) is 221 cm³/mol. The maximum absolute atomic E-state index is 14.0. The Morgan fingerprint density at radius 3 is 2.60 bits per heavy atom. The van der Waals surface area contributed by atoms with Gasteiger partial charge >= 0.3 is 5.76 Å². The SMILES string of the molecule is O=C1CCC(n2c(=O)oc3c(CCCOCCOCCNCc4ccc(-n5cc(NC(=O)c6coc(-c7ccnc(CCC8CC8)c7)n6)c(C(F)F)n5)cc4)cccc32)C(=O)N1. The number of pyridine rings is 1. The third-order valence-electron chi connectivity index (χ3n) is 10.8. The summed E-state index contributed by atoms with van der Waals surface area (Å²) in [6, 6.07) is 15.5. The summed E-state index contributed by atoms with van der Waals surface area (Å²) in [7, 11) is 0. The molecule has 16 nitrogen and oxygen atoms in total. The van der Waals surface area contributed by atoms with Crippen molar-refractivity contribution < 1.29 is 41.5 Å². The second kappa shape index (κ2) is 19.6. The Labute approximate surface area is 354 Å². The van der Waals surface area contributed by atoms with Crippen LogP contribution in [0.5, 0.6) is 0 Å². The number of piperidine rings is 1. The highest BCUT2D eigenvalue weighted by atomic mass is 19.3. The predicted octanol–water partition coefficient (Wildman–Crippen LogP) is 6.10. The number of ether oxygens (including phenoxy) is 2. The van der Waals surface area contributed by atoms with Gasteiger partial charge in [0.05, 0.1) is 42.9 Å².